The Morgan fingerprint density at radius 2 is 2.44 bits per heavy atom. The quantitative estimate of drug-likeness (QED) is 0.871. The molecule has 2 heterocycles. The van der Waals surface area contributed by atoms with Gasteiger partial charge in [-0.2, -0.15) is 0 Å². The van der Waals surface area contributed by atoms with Crippen LogP contribution < -0.4 is 5.32 Å². The Kier molecular flexibility index (Phi) is 3.98. The summed E-state index contributed by atoms with van der Waals surface area (Å²) >= 11 is 0. The van der Waals surface area contributed by atoms with E-state index in [2.05, 4.69) is 15.4 Å². The number of nitrogens with zero attached hydrogens (tertiary/aromatic N) is 2. The smallest absolute Gasteiger partial charge is 0.243 e. The van der Waals surface area contributed by atoms with Crippen molar-refractivity contribution in [3.8, 4) is 0 Å². The molecular formula is C12H19N3O3. The number of ether oxygens (including phenoxy) is 1. The van der Waals surface area contributed by atoms with Gasteiger partial charge in [0.1, 0.15) is 0 Å². The molecule has 2 atom stereocenters. The Morgan fingerprint density at radius 1 is 1.67 bits per heavy atom. The van der Waals surface area contributed by atoms with Crippen LogP contribution in [0.5, 0.6) is 0 Å². The Bertz CT molecular complexity index is 418. The lowest BCUT2D eigenvalue weighted by Crippen LogP contribution is -2.50. The highest BCUT2D eigenvalue weighted by Gasteiger charge is 2.26. The number of hydrogen-bond donors (Lipinski definition) is 1. The Balaban J connectivity index is 1.91. The third kappa shape index (κ3) is 3.08. The van der Waals surface area contributed by atoms with E-state index in [-0.39, 0.29) is 18.1 Å². The van der Waals surface area contributed by atoms with Gasteiger partial charge in [-0.1, -0.05) is 5.16 Å². The number of morpholine rings is 1. The van der Waals surface area contributed by atoms with Crippen LogP contribution in [0, 0.1) is 6.92 Å². The van der Waals surface area contributed by atoms with Gasteiger partial charge in [-0.05, 0) is 20.8 Å². The van der Waals surface area contributed by atoms with Crippen molar-refractivity contribution >= 4 is 11.8 Å². The molecule has 1 aromatic rings. The maximum Gasteiger partial charge on any atom is 0.243 e. The number of anilines is 1. The van der Waals surface area contributed by atoms with E-state index >= 15 is 0 Å². The van der Waals surface area contributed by atoms with Crippen LogP contribution in [0.25, 0.3) is 0 Å². The molecule has 0 bridgehead atoms. The maximum absolute atomic E-state index is 12.0. The van der Waals surface area contributed by atoms with Gasteiger partial charge in [0, 0.05) is 19.2 Å². The van der Waals surface area contributed by atoms with Crippen LogP contribution >= 0.6 is 0 Å². The minimum Gasteiger partial charge on any atom is -0.376 e. The molecule has 0 radical (unpaired) electrons. The summed E-state index contributed by atoms with van der Waals surface area (Å²) in [6.45, 7) is 7.91. The van der Waals surface area contributed by atoms with Gasteiger partial charge in [-0.3, -0.25) is 15.0 Å². The summed E-state index contributed by atoms with van der Waals surface area (Å²) in [6, 6.07) is 1.49. The number of aromatic nitrogens is 1. The third-order valence-corrected chi connectivity index (χ3v) is 3.07. The van der Waals surface area contributed by atoms with Crippen molar-refractivity contribution in [1.82, 2.24) is 10.1 Å². The predicted molar refractivity (Wildman–Crippen MR) is 66.3 cm³/mol. The summed E-state index contributed by atoms with van der Waals surface area (Å²) in [5.41, 5.74) is 0.748. The lowest BCUT2D eigenvalue weighted by molar-refractivity contribution is -0.123. The van der Waals surface area contributed by atoms with Crippen molar-refractivity contribution in [2.45, 2.75) is 32.9 Å². The second-order valence-electron chi connectivity index (χ2n) is 4.67. The summed E-state index contributed by atoms with van der Waals surface area (Å²) in [6.07, 6.45) is 0.168. The molecule has 100 valence electrons. The third-order valence-electron chi connectivity index (χ3n) is 3.07. The van der Waals surface area contributed by atoms with E-state index in [1.807, 2.05) is 20.8 Å². The van der Waals surface area contributed by atoms with Crippen LogP contribution in [0.3, 0.4) is 0 Å². The summed E-state index contributed by atoms with van der Waals surface area (Å²) < 4.78 is 10.4. The topological polar surface area (TPSA) is 67.6 Å². The van der Waals surface area contributed by atoms with Crippen LogP contribution in [0.4, 0.5) is 5.88 Å². The van der Waals surface area contributed by atoms with E-state index in [0.29, 0.717) is 12.5 Å². The van der Waals surface area contributed by atoms with Gasteiger partial charge in [-0.25, -0.2) is 0 Å². The fourth-order valence-corrected chi connectivity index (χ4v) is 2.01. The number of nitrogens with one attached hydrogen (secondary N) is 1. The van der Waals surface area contributed by atoms with Gasteiger partial charge in [0.05, 0.1) is 24.4 Å². The number of rotatable bonds is 3. The fraction of sp³-hybridized carbons (Fsp3) is 0.667. The molecule has 2 rings (SSSR count). The second kappa shape index (κ2) is 5.49. The zero-order valence-corrected chi connectivity index (χ0v) is 11.0. The van der Waals surface area contributed by atoms with E-state index in [0.717, 1.165) is 18.8 Å². The fourth-order valence-electron chi connectivity index (χ4n) is 2.01. The number of amides is 1. The minimum atomic E-state index is -0.207. The lowest BCUT2D eigenvalue weighted by atomic mass is 10.2. The summed E-state index contributed by atoms with van der Waals surface area (Å²) in [4.78, 5) is 14.2. The van der Waals surface area contributed by atoms with Crippen molar-refractivity contribution < 1.29 is 14.1 Å². The van der Waals surface area contributed by atoms with Crippen LogP contribution in [0.1, 0.15) is 19.5 Å². The highest BCUT2D eigenvalue weighted by atomic mass is 16.5. The van der Waals surface area contributed by atoms with E-state index in [9.17, 15) is 4.79 Å². The first-order valence-electron chi connectivity index (χ1n) is 6.16. The van der Waals surface area contributed by atoms with Crippen molar-refractivity contribution in [1.29, 1.82) is 0 Å². The molecule has 1 aromatic heterocycles. The molecule has 0 spiro atoms. The Hall–Kier alpha value is -1.40. The number of carbonyl (C=O) groups is 1. The zero-order valence-electron chi connectivity index (χ0n) is 11.0. The number of carbonyl (C=O) groups excluding carboxylic acids is 1. The molecule has 0 saturated carbocycles. The normalized spacial score (nSPS) is 22.7. The van der Waals surface area contributed by atoms with Crippen molar-refractivity contribution in [2.75, 3.05) is 25.0 Å². The maximum atomic E-state index is 12.0. The monoisotopic (exact) mass is 253 g/mol. The first kappa shape index (κ1) is 13.0. The summed E-state index contributed by atoms with van der Waals surface area (Å²) in [5, 5.41) is 6.45. The van der Waals surface area contributed by atoms with Crippen molar-refractivity contribution in [3.05, 3.63) is 11.8 Å². The van der Waals surface area contributed by atoms with Gasteiger partial charge >= 0.3 is 0 Å². The number of hydrogen-bond acceptors (Lipinski definition) is 5. The molecule has 6 nitrogen and oxygen atoms in total. The van der Waals surface area contributed by atoms with E-state index in [4.69, 9.17) is 9.26 Å². The van der Waals surface area contributed by atoms with Crippen LogP contribution in [0.15, 0.2) is 10.6 Å². The molecule has 2 unspecified atom stereocenters. The van der Waals surface area contributed by atoms with Gasteiger partial charge < -0.3 is 9.26 Å². The first-order valence-corrected chi connectivity index (χ1v) is 6.16. The predicted octanol–water partition coefficient (Wildman–Crippen LogP) is 1.03. The van der Waals surface area contributed by atoms with E-state index < -0.39 is 0 Å². The van der Waals surface area contributed by atoms with Gasteiger partial charge in [0.2, 0.25) is 11.8 Å². The van der Waals surface area contributed by atoms with E-state index in [1.165, 1.54) is 0 Å². The zero-order chi connectivity index (χ0) is 13.1. The summed E-state index contributed by atoms with van der Waals surface area (Å²) in [7, 11) is 0. The molecule has 1 N–H and O–H groups in total. The SMILES string of the molecule is Cc1cc(NC(=O)C(C)N2CCOC(C)C2)on1. The molecule has 0 aliphatic carbocycles. The average molecular weight is 253 g/mol. The minimum absolute atomic E-state index is 0.0831. The van der Waals surface area contributed by atoms with Crippen molar-refractivity contribution in [2.24, 2.45) is 0 Å². The molecule has 1 amide bonds. The average Bonchev–Trinajstić information content (AvgIpc) is 2.73. The van der Waals surface area contributed by atoms with Crippen LogP contribution in [-0.2, 0) is 9.53 Å². The van der Waals surface area contributed by atoms with Gasteiger partial charge in [0.15, 0.2) is 0 Å². The van der Waals surface area contributed by atoms with Crippen molar-refractivity contribution in [3.63, 3.8) is 0 Å². The highest BCUT2D eigenvalue weighted by molar-refractivity contribution is 5.93. The summed E-state index contributed by atoms with van der Waals surface area (Å²) in [5.74, 6) is 0.311. The molecule has 1 saturated heterocycles. The van der Waals surface area contributed by atoms with E-state index in [1.54, 1.807) is 6.07 Å². The van der Waals surface area contributed by atoms with Gasteiger partial charge in [-0.15, -0.1) is 0 Å². The Labute approximate surface area is 106 Å². The largest absolute Gasteiger partial charge is 0.376 e. The lowest BCUT2D eigenvalue weighted by Gasteiger charge is -2.34. The van der Waals surface area contributed by atoms with Gasteiger partial charge in [0.25, 0.3) is 0 Å². The molecule has 0 aromatic carbocycles. The number of aryl methyl sites for hydroxylation is 1. The second-order valence-corrected chi connectivity index (χ2v) is 4.67. The molecule has 1 aliphatic rings. The first-order chi connectivity index (χ1) is 8.56. The van der Waals surface area contributed by atoms with Crippen LogP contribution in [-0.4, -0.2) is 47.8 Å². The van der Waals surface area contributed by atoms with Crippen LogP contribution in [0.2, 0.25) is 0 Å². The highest BCUT2D eigenvalue weighted by Crippen LogP contribution is 2.12. The molecule has 1 aliphatic heterocycles. The molecule has 6 heteroatoms. The molecule has 18 heavy (non-hydrogen) atoms. The standard InChI is InChI=1S/C12H19N3O3/c1-8-6-11(18-14-8)13-12(16)10(3)15-4-5-17-9(2)7-15/h6,9-10H,4-5,7H2,1-3H3,(H,13,16). The molecular weight excluding hydrogens is 234 g/mol. The molecule has 1 fully saturated rings. The Morgan fingerprint density at radius 3 is 3.06 bits per heavy atom.